The van der Waals surface area contributed by atoms with Gasteiger partial charge in [-0.25, -0.2) is 9.97 Å². The molecule has 0 unspecified atom stereocenters. The summed E-state index contributed by atoms with van der Waals surface area (Å²) in [6.45, 7) is 3.62. The topological polar surface area (TPSA) is 70.2 Å². The molecule has 1 aromatic carbocycles. The van der Waals surface area contributed by atoms with Gasteiger partial charge in [0.15, 0.2) is 0 Å². The first-order valence-electron chi connectivity index (χ1n) is 7.13. The van der Waals surface area contributed by atoms with E-state index >= 15 is 0 Å². The Balaban J connectivity index is 2.00. The highest BCUT2D eigenvalue weighted by Gasteiger charge is 2.09. The molecule has 0 saturated heterocycles. The zero-order valence-electron chi connectivity index (χ0n) is 13.1. The predicted molar refractivity (Wildman–Crippen MR) is 88.2 cm³/mol. The lowest BCUT2D eigenvalue weighted by molar-refractivity contribution is 0.102. The molecule has 0 aliphatic heterocycles. The van der Waals surface area contributed by atoms with E-state index in [-0.39, 0.29) is 5.91 Å². The summed E-state index contributed by atoms with van der Waals surface area (Å²) in [4.78, 5) is 22.4. The summed E-state index contributed by atoms with van der Waals surface area (Å²) in [6, 6.07) is 9.30. The molecule has 0 saturated carbocycles. The minimum Gasteiger partial charge on any atom is -0.369 e. The van der Waals surface area contributed by atoms with Gasteiger partial charge in [-0.3, -0.25) is 4.79 Å². The van der Waals surface area contributed by atoms with Crippen molar-refractivity contribution in [3.63, 3.8) is 0 Å². The first kappa shape index (κ1) is 15.9. The average molecular weight is 299 g/mol. The lowest BCUT2D eigenvalue weighted by Crippen LogP contribution is -2.21. The molecule has 1 amide bonds. The van der Waals surface area contributed by atoms with Crippen LogP contribution in [0.3, 0.4) is 0 Å². The quantitative estimate of drug-likeness (QED) is 0.854. The Morgan fingerprint density at radius 3 is 2.77 bits per heavy atom. The number of hydrogen-bond donors (Lipinski definition) is 2. The van der Waals surface area contributed by atoms with Gasteiger partial charge in [0.05, 0.1) is 0 Å². The molecule has 0 aliphatic carbocycles. The van der Waals surface area contributed by atoms with Crippen molar-refractivity contribution in [3.8, 4) is 0 Å². The monoisotopic (exact) mass is 299 g/mol. The van der Waals surface area contributed by atoms with E-state index in [1.54, 1.807) is 6.07 Å². The number of amides is 1. The number of anilines is 2. The van der Waals surface area contributed by atoms with Gasteiger partial charge in [0.2, 0.25) is 0 Å². The minimum atomic E-state index is -0.247. The fourth-order valence-electron chi connectivity index (χ4n) is 1.90. The highest BCUT2D eigenvalue weighted by atomic mass is 16.1. The molecule has 2 rings (SSSR count). The van der Waals surface area contributed by atoms with Crippen LogP contribution >= 0.6 is 0 Å². The van der Waals surface area contributed by atoms with Gasteiger partial charge in [0.25, 0.3) is 5.91 Å². The molecule has 0 radical (unpaired) electrons. The number of hydrogen-bond acceptors (Lipinski definition) is 5. The smallest absolute Gasteiger partial charge is 0.274 e. The molecule has 2 aromatic rings. The number of benzene rings is 1. The van der Waals surface area contributed by atoms with E-state index in [2.05, 4.69) is 25.5 Å². The van der Waals surface area contributed by atoms with Crippen LogP contribution in [0.25, 0.3) is 0 Å². The Hall–Kier alpha value is -2.47. The fraction of sp³-hybridized carbons (Fsp3) is 0.312. The molecule has 6 heteroatoms. The number of nitrogens with zero attached hydrogens (tertiary/aromatic N) is 3. The first-order valence-corrected chi connectivity index (χ1v) is 7.13. The van der Waals surface area contributed by atoms with Crippen molar-refractivity contribution in [2.24, 2.45) is 0 Å². The van der Waals surface area contributed by atoms with Crippen molar-refractivity contribution in [3.05, 3.63) is 47.9 Å². The Bertz CT molecular complexity index is 642. The van der Waals surface area contributed by atoms with Gasteiger partial charge >= 0.3 is 0 Å². The van der Waals surface area contributed by atoms with E-state index in [0.29, 0.717) is 11.5 Å². The molecule has 6 nitrogen and oxygen atoms in total. The van der Waals surface area contributed by atoms with Crippen LogP contribution in [0.2, 0.25) is 0 Å². The summed E-state index contributed by atoms with van der Waals surface area (Å²) in [6.07, 6.45) is 1.39. The molecule has 1 heterocycles. The van der Waals surface area contributed by atoms with Crippen LogP contribution in [0.5, 0.6) is 0 Å². The lowest BCUT2D eigenvalue weighted by atomic mass is 10.2. The standard InChI is InChI=1S/C16H21N5O/c1-12-5-4-6-13(9-12)20-16(22)14-10-15(19-11-18-14)17-7-8-21(2)3/h4-6,9-11H,7-8H2,1-3H3,(H,20,22)(H,17,18,19). The number of aromatic nitrogens is 2. The van der Waals surface area contributed by atoms with Gasteiger partial charge in [-0.15, -0.1) is 0 Å². The Morgan fingerprint density at radius 2 is 2.05 bits per heavy atom. The zero-order valence-corrected chi connectivity index (χ0v) is 13.1. The molecule has 0 fully saturated rings. The van der Waals surface area contributed by atoms with Crippen LogP contribution in [0.15, 0.2) is 36.7 Å². The Labute approximate surface area is 130 Å². The molecular weight excluding hydrogens is 278 g/mol. The van der Waals surface area contributed by atoms with Crippen LogP contribution in [0.1, 0.15) is 16.1 Å². The number of carbonyl (C=O) groups excluding carboxylic acids is 1. The van der Waals surface area contributed by atoms with E-state index in [4.69, 9.17) is 0 Å². The summed E-state index contributed by atoms with van der Waals surface area (Å²) in [5.41, 5.74) is 2.18. The number of likely N-dealkylation sites (N-methyl/N-ethyl adjacent to an activating group) is 1. The molecule has 116 valence electrons. The van der Waals surface area contributed by atoms with E-state index < -0.39 is 0 Å². The van der Waals surface area contributed by atoms with Crippen molar-refractivity contribution in [1.29, 1.82) is 0 Å². The second-order valence-corrected chi connectivity index (χ2v) is 5.34. The number of aryl methyl sites for hydroxylation is 1. The third kappa shape index (κ3) is 4.82. The van der Waals surface area contributed by atoms with E-state index in [1.807, 2.05) is 45.3 Å². The number of carbonyl (C=O) groups is 1. The lowest BCUT2D eigenvalue weighted by Gasteiger charge is -2.11. The number of nitrogens with one attached hydrogen (secondary N) is 2. The van der Waals surface area contributed by atoms with Crippen LogP contribution in [0.4, 0.5) is 11.5 Å². The second-order valence-electron chi connectivity index (χ2n) is 5.34. The zero-order chi connectivity index (χ0) is 15.9. The van der Waals surface area contributed by atoms with E-state index in [9.17, 15) is 4.79 Å². The molecule has 0 atom stereocenters. The molecule has 1 aromatic heterocycles. The van der Waals surface area contributed by atoms with Gasteiger partial charge in [0.1, 0.15) is 17.8 Å². The van der Waals surface area contributed by atoms with Crippen LogP contribution in [0, 0.1) is 6.92 Å². The van der Waals surface area contributed by atoms with Crippen molar-refractivity contribution < 1.29 is 4.79 Å². The van der Waals surface area contributed by atoms with Gasteiger partial charge in [-0.05, 0) is 38.7 Å². The predicted octanol–water partition coefficient (Wildman–Crippen LogP) is 2.01. The minimum absolute atomic E-state index is 0.247. The average Bonchev–Trinajstić information content (AvgIpc) is 2.47. The molecule has 2 N–H and O–H groups in total. The second kappa shape index (κ2) is 7.51. The largest absolute Gasteiger partial charge is 0.369 e. The maximum Gasteiger partial charge on any atom is 0.274 e. The first-order chi connectivity index (χ1) is 10.5. The Morgan fingerprint density at radius 1 is 1.23 bits per heavy atom. The Kier molecular flexibility index (Phi) is 5.43. The summed E-state index contributed by atoms with van der Waals surface area (Å²) in [5, 5.41) is 6.01. The van der Waals surface area contributed by atoms with Gasteiger partial charge in [-0.2, -0.15) is 0 Å². The highest BCUT2D eigenvalue weighted by molar-refractivity contribution is 6.03. The molecule has 0 spiro atoms. The van der Waals surface area contributed by atoms with Crippen LogP contribution in [-0.4, -0.2) is 48.0 Å². The van der Waals surface area contributed by atoms with Gasteiger partial charge in [0, 0.05) is 24.8 Å². The van der Waals surface area contributed by atoms with Crippen molar-refractivity contribution in [2.75, 3.05) is 37.8 Å². The van der Waals surface area contributed by atoms with Gasteiger partial charge in [-0.1, -0.05) is 12.1 Å². The summed E-state index contributed by atoms with van der Waals surface area (Å²) in [5.74, 6) is 0.398. The molecule has 0 bridgehead atoms. The van der Waals surface area contributed by atoms with Crippen molar-refractivity contribution in [1.82, 2.24) is 14.9 Å². The normalized spacial score (nSPS) is 10.5. The van der Waals surface area contributed by atoms with Crippen LogP contribution < -0.4 is 10.6 Å². The third-order valence-electron chi connectivity index (χ3n) is 3.04. The fourth-order valence-corrected chi connectivity index (χ4v) is 1.90. The van der Waals surface area contributed by atoms with Crippen molar-refractivity contribution >= 4 is 17.4 Å². The maximum absolute atomic E-state index is 12.2. The third-order valence-corrected chi connectivity index (χ3v) is 3.04. The highest BCUT2D eigenvalue weighted by Crippen LogP contribution is 2.11. The SMILES string of the molecule is Cc1cccc(NC(=O)c2cc(NCCN(C)C)ncn2)c1. The van der Waals surface area contributed by atoms with Crippen molar-refractivity contribution in [2.45, 2.75) is 6.92 Å². The van der Waals surface area contributed by atoms with E-state index in [1.165, 1.54) is 6.33 Å². The molecular formula is C16H21N5O. The summed E-state index contributed by atoms with van der Waals surface area (Å²) < 4.78 is 0. The maximum atomic E-state index is 12.2. The number of rotatable bonds is 6. The summed E-state index contributed by atoms with van der Waals surface area (Å²) in [7, 11) is 4.00. The summed E-state index contributed by atoms with van der Waals surface area (Å²) >= 11 is 0. The van der Waals surface area contributed by atoms with Gasteiger partial charge < -0.3 is 15.5 Å². The van der Waals surface area contributed by atoms with Crippen LogP contribution in [-0.2, 0) is 0 Å². The molecule has 22 heavy (non-hydrogen) atoms. The molecule has 0 aliphatic rings. The van der Waals surface area contributed by atoms with E-state index in [0.717, 1.165) is 24.3 Å².